The van der Waals surface area contributed by atoms with Crippen LogP contribution >= 0.6 is 0 Å². The third kappa shape index (κ3) is 2.28. The summed E-state index contributed by atoms with van der Waals surface area (Å²) < 4.78 is 32.2. The summed E-state index contributed by atoms with van der Waals surface area (Å²) in [7, 11) is -3.50. The van der Waals surface area contributed by atoms with Crippen molar-refractivity contribution in [2.45, 2.75) is 11.3 Å². The molecule has 2 aromatic rings. The van der Waals surface area contributed by atoms with Crippen molar-refractivity contribution in [3.8, 4) is 0 Å². The number of aromatic amines is 1. The number of ether oxygens (including phenoxy) is 1. The Hall–Kier alpha value is -1.57. The van der Waals surface area contributed by atoms with Gasteiger partial charge in [-0.15, -0.1) is 0 Å². The minimum atomic E-state index is -3.50. The van der Waals surface area contributed by atoms with Crippen molar-refractivity contribution in [1.29, 1.82) is 0 Å². The highest BCUT2D eigenvalue weighted by Crippen LogP contribution is 2.27. The molecule has 20 heavy (non-hydrogen) atoms. The van der Waals surface area contributed by atoms with Gasteiger partial charge in [-0.2, -0.15) is 4.31 Å². The number of H-pyrrole nitrogens is 1. The number of fused-ring (bicyclic) bond motifs is 1. The van der Waals surface area contributed by atoms with Crippen molar-refractivity contribution in [1.82, 2.24) is 9.29 Å². The van der Waals surface area contributed by atoms with Crippen LogP contribution in [0.5, 0.6) is 0 Å². The smallest absolute Gasteiger partial charge is 0.245 e. The third-order valence-electron chi connectivity index (χ3n) is 3.47. The zero-order valence-electron chi connectivity index (χ0n) is 11.0. The molecule has 1 aliphatic heterocycles. The van der Waals surface area contributed by atoms with Gasteiger partial charge in [0, 0.05) is 42.5 Å². The number of benzene rings is 1. The Morgan fingerprint density at radius 3 is 2.95 bits per heavy atom. The zero-order valence-corrected chi connectivity index (χ0v) is 11.8. The lowest BCUT2D eigenvalue weighted by molar-refractivity contribution is 0.148. The second-order valence-corrected chi connectivity index (χ2v) is 6.73. The van der Waals surface area contributed by atoms with Crippen LogP contribution in [0, 0.1) is 0 Å². The molecule has 0 aliphatic carbocycles. The van der Waals surface area contributed by atoms with Crippen molar-refractivity contribution in [3.63, 3.8) is 0 Å². The number of hydrogen-bond donors (Lipinski definition) is 2. The van der Waals surface area contributed by atoms with Crippen LogP contribution in [-0.4, -0.2) is 44.0 Å². The van der Waals surface area contributed by atoms with E-state index in [1.165, 1.54) is 10.5 Å². The largest absolute Gasteiger partial charge is 0.399 e. The van der Waals surface area contributed by atoms with Crippen LogP contribution in [0.15, 0.2) is 29.3 Å². The van der Waals surface area contributed by atoms with Crippen LogP contribution in [0.3, 0.4) is 0 Å². The molecule has 0 saturated carbocycles. The van der Waals surface area contributed by atoms with Gasteiger partial charge in [0.25, 0.3) is 0 Å². The zero-order chi connectivity index (χ0) is 14.2. The lowest BCUT2D eigenvalue weighted by atomic mass is 10.2. The predicted octanol–water partition coefficient (Wildman–Crippen LogP) is 1.16. The van der Waals surface area contributed by atoms with Crippen molar-refractivity contribution >= 4 is 26.6 Å². The molecule has 6 nitrogen and oxygen atoms in total. The van der Waals surface area contributed by atoms with E-state index in [4.69, 9.17) is 10.5 Å². The average Bonchev–Trinajstić information content (AvgIpc) is 2.65. The van der Waals surface area contributed by atoms with Crippen LogP contribution in [0.1, 0.15) is 6.42 Å². The summed E-state index contributed by atoms with van der Waals surface area (Å²) >= 11 is 0. The van der Waals surface area contributed by atoms with Gasteiger partial charge < -0.3 is 15.5 Å². The van der Waals surface area contributed by atoms with E-state index in [1.807, 2.05) is 0 Å². The predicted molar refractivity (Wildman–Crippen MR) is 76.9 cm³/mol. The standard InChI is InChI=1S/C13H17N3O3S/c14-10-2-3-11-12(8-10)15-9-13(11)20(17,18)16-4-1-6-19-7-5-16/h2-3,8-9,15H,1,4-7,14H2. The highest BCUT2D eigenvalue weighted by Gasteiger charge is 2.27. The van der Waals surface area contributed by atoms with Crippen LogP contribution in [0.25, 0.3) is 10.9 Å². The molecule has 7 heteroatoms. The summed E-state index contributed by atoms with van der Waals surface area (Å²) in [5.74, 6) is 0. The van der Waals surface area contributed by atoms with E-state index in [9.17, 15) is 8.42 Å². The molecule has 1 saturated heterocycles. The molecule has 0 spiro atoms. The van der Waals surface area contributed by atoms with Gasteiger partial charge in [-0.05, 0) is 24.6 Å². The molecule has 3 rings (SSSR count). The lowest BCUT2D eigenvalue weighted by Crippen LogP contribution is -2.33. The van der Waals surface area contributed by atoms with Gasteiger partial charge in [-0.25, -0.2) is 8.42 Å². The first kappa shape index (κ1) is 13.4. The number of hydrogen-bond acceptors (Lipinski definition) is 4. The van der Waals surface area contributed by atoms with Crippen molar-refractivity contribution < 1.29 is 13.2 Å². The SMILES string of the molecule is Nc1ccc2c(S(=O)(=O)N3CCCOCC3)c[nH]c2c1. The van der Waals surface area contributed by atoms with E-state index in [-0.39, 0.29) is 0 Å². The Kier molecular flexibility index (Phi) is 3.41. The number of aromatic nitrogens is 1. The van der Waals surface area contributed by atoms with Gasteiger partial charge in [0.1, 0.15) is 4.90 Å². The number of nitrogen functional groups attached to an aromatic ring is 1. The van der Waals surface area contributed by atoms with Gasteiger partial charge in [0.15, 0.2) is 0 Å². The quantitative estimate of drug-likeness (QED) is 0.814. The Morgan fingerprint density at radius 2 is 2.10 bits per heavy atom. The maximum absolute atomic E-state index is 12.7. The van der Waals surface area contributed by atoms with Crippen molar-refractivity contribution in [2.75, 3.05) is 32.0 Å². The van der Waals surface area contributed by atoms with E-state index < -0.39 is 10.0 Å². The maximum atomic E-state index is 12.7. The fourth-order valence-corrected chi connectivity index (χ4v) is 4.06. The van der Waals surface area contributed by atoms with E-state index in [0.29, 0.717) is 48.7 Å². The van der Waals surface area contributed by atoms with Crippen molar-refractivity contribution in [3.05, 3.63) is 24.4 Å². The van der Waals surface area contributed by atoms with Crippen LogP contribution < -0.4 is 5.73 Å². The normalized spacial score (nSPS) is 18.2. The van der Waals surface area contributed by atoms with Gasteiger partial charge >= 0.3 is 0 Å². The molecule has 0 amide bonds. The number of nitrogens with zero attached hydrogens (tertiary/aromatic N) is 1. The van der Waals surface area contributed by atoms with Gasteiger partial charge in [0.2, 0.25) is 10.0 Å². The Balaban J connectivity index is 2.04. The van der Waals surface area contributed by atoms with Gasteiger partial charge in [-0.3, -0.25) is 0 Å². The molecule has 1 aromatic carbocycles. The van der Waals surface area contributed by atoms with E-state index in [2.05, 4.69) is 4.98 Å². The molecule has 3 N–H and O–H groups in total. The number of nitrogens with two attached hydrogens (primary N) is 1. The summed E-state index contributed by atoms with van der Waals surface area (Å²) in [6.07, 6.45) is 2.25. The summed E-state index contributed by atoms with van der Waals surface area (Å²) in [6.45, 7) is 1.93. The van der Waals surface area contributed by atoms with Crippen LogP contribution in [0.4, 0.5) is 5.69 Å². The molecular formula is C13H17N3O3S. The summed E-state index contributed by atoms with van der Waals surface area (Å²) in [5, 5.41) is 0.671. The number of sulfonamides is 1. The Morgan fingerprint density at radius 1 is 1.25 bits per heavy atom. The molecule has 2 heterocycles. The van der Waals surface area contributed by atoms with Crippen LogP contribution in [0.2, 0.25) is 0 Å². The topological polar surface area (TPSA) is 88.4 Å². The number of anilines is 1. The molecule has 0 atom stereocenters. The Labute approximate surface area is 117 Å². The first-order chi connectivity index (χ1) is 9.59. The van der Waals surface area contributed by atoms with E-state index >= 15 is 0 Å². The fourth-order valence-electron chi connectivity index (χ4n) is 2.43. The maximum Gasteiger partial charge on any atom is 0.245 e. The molecule has 0 bridgehead atoms. The molecule has 0 radical (unpaired) electrons. The lowest BCUT2D eigenvalue weighted by Gasteiger charge is -2.18. The molecule has 1 aromatic heterocycles. The summed E-state index contributed by atoms with van der Waals surface area (Å²) in [5.41, 5.74) is 7.04. The average molecular weight is 295 g/mol. The fraction of sp³-hybridized carbons (Fsp3) is 0.385. The second kappa shape index (κ2) is 5.08. The second-order valence-electron chi connectivity index (χ2n) is 4.83. The summed E-state index contributed by atoms with van der Waals surface area (Å²) in [6, 6.07) is 5.18. The molecule has 0 unspecified atom stereocenters. The van der Waals surface area contributed by atoms with E-state index in [0.717, 1.165) is 5.52 Å². The molecular weight excluding hydrogens is 278 g/mol. The van der Waals surface area contributed by atoms with Gasteiger partial charge in [-0.1, -0.05) is 0 Å². The molecule has 1 fully saturated rings. The van der Waals surface area contributed by atoms with Crippen LogP contribution in [-0.2, 0) is 14.8 Å². The minimum absolute atomic E-state index is 0.300. The molecule has 108 valence electrons. The summed E-state index contributed by atoms with van der Waals surface area (Å²) in [4.78, 5) is 3.27. The highest BCUT2D eigenvalue weighted by molar-refractivity contribution is 7.89. The Bertz CT molecular complexity index is 716. The molecule has 1 aliphatic rings. The van der Waals surface area contributed by atoms with Crippen molar-refractivity contribution in [2.24, 2.45) is 0 Å². The first-order valence-corrected chi connectivity index (χ1v) is 7.97. The number of nitrogens with one attached hydrogen (secondary N) is 1. The first-order valence-electron chi connectivity index (χ1n) is 6.53. The number of rotatable bonds is 2. The monoisotopic (exact) mass is 295 g/mol. The third-order valence-corrected chi connectivity index (χ3v) is 5.41. The van der Waals surface area contributed by atoms with Gasteiger partial charge in [0.05, 0.1) is 6.61 Å². The van der Waals surface area contributed by atoms with E-state index in [1.54, 1.807) is 18.2 Å². The highest BCUT2D eigenvalue weighted by atomic mass is 32.2. The minimum Gasteiger partial charge on any atom is -0.399 e.